The molecule has 1 N–H and O–H groups in total. The van der Waals surface area contributed by atoms with Crippen LogP contribution in [0, 0.1) is 6.92 Å². The second-order valence-electron chi connectivity index (χ2n) is 7.08. The van der Waals surface area contributed by atoms with Crippen molar-refractivity contribution in [3.63, 3.8) is 0 Å². The Kier molecular flexibility index (Phi) is 5.69. The lowest BCUT2D eigenvalue weighted by molar-refractivity contribution is 0.188. The molecule has 1 aliphatic rings. The Bertz CT molecular complexity index is 921. The highest BCUT2D eigenvalue weighted by atomic mass is 16.2. The van der Waals surface area contributed by atoms with Crippen LogP contribution in [0.5, 0.6) is 0 Å². The Labute approximate surface area is 170 Å². The molecule has 0 bridgehead atoms. The minimum absolute atomic E-state index is 0.0541. The van der Waals surface area contributed by atoms with Crippen molar-refractivity contribution in [1.29, 1.82) is 0 Å². The molecule has 3 heterocycles. The van der Waals surface area contributed by atoms with Gasteiger partial charge in [-0.1, -0.05) is 30.3 Å². The van der Waals surface area contributed by atoms with E-state index in [1.54, 1.807) is 18.6 Å². The first-order chi connectivity index (χ1) is 14.2. The van der Waals surface area contributed by atoms with E-state index in [0.717, 1.165) is 30.2 Å². The molecule has 1 aliphatic heterocycles. The van der Waals surface area contributed by atoms with Crippen LogP contribution in [0.4, 0.5) is 10.6 Å². The van der Waals surface area contributed by atoms with Gasteiger partial charge in [0.05, 0.1) is 18.3 Å². The normalized spacial score (nSPS) is 15.2. The van der Waals surface area contributed by atoms with E-state index in [1.165, 1.54) is 0 Å². The Morgan fingerprint density at radius 2 is 1.79 bits per heavy atom. The summed E-state index contributed by atoms with van der Waals surface area (Å²) in [6.07, 6.45) is 7.06. The van der Waals surface area contributed by atoms with Crippen molar-refractivity contribution in [2.45, 2.75) is 19.5 Å². The number of hydrogen-bond acceptors (Lipinski definition) is 5. The van der Waals surface area contributed by atoms with Crippen molar-refractivity contribution in [2.24, 2.45) is 0 Å². The number of hydrogen-bond donors (Lipinski definition) is 1. The molecule has 4 rings (SSSR count). The summed E-state index contributed by atoms with van der Waals surface area (Å²) in [6, 6.07) is 11.7. The van der Waals surface area contributed by atoms with Gasteiger partial charge in [0.2, 0.25) is 0 Å². The predicted molar refractivity (Wildman–Crippen MR) is 110 cm³/mol. The van der Waals surface area contributed by atoms with Crippen LogP contribution in [0.15, 0.2) is 61.2 Å². The van der Waals surface area contributed by atoms with Gasteiger partial charge >= 0.3 is 6.03 Å². The quantitative estimate of drug-likeness (QED) is 0.722. The highest BCUT2D eigenvalue weighted by Crippen LogP contribution is 2.18. The summed E-state index contributed by atoms with van der Waals surface area (Å²) in [5, 5.41) is 7.47. The lowest BCUT2D eigenvalue weighted by Crippen LogP contribution is -2.53. The van der Waals surface area contributed by atoms with Crippen molar-refractivity contribution in [1.82, 2.24) is 30.0 Å². The molecule has 1 unspecified atom stereocenters. The van der Waals surface area contributed by atoms with Gasteiger partial charge in [-0.25, -0.2) is 9.78 Å². The van der Waals surface area contributed by atoms with Gasteiger partial charge in [-0.15, -0.1) is 0 Å². The standard InChI is InChI=1S/C21H25N7O/c1-17-20(23-10-9-22-17)26-12-14-27(15-13-26)21(29)25-19(16-28-11-5-8-24-28)18-6-3-2-4-7-18/h2-11,19H,12-16H2,1H3,(H,25,29). The molecule has 3 aromatic rings. The number of aryl methyl sites for hydroxylation is 1. The average molecular weight is 391 g/mol. The molecule has 1 aromatic carbocycles. The van der Waals surface area contributed by atoms with E-state index in [0.29, 0.717) is 19.6 Å². The third kappa shape index (κ3) is 4.53. The third-order valence-electron chi connectivity index (χ3n) is 5.15. The zero-order chi connectivity index (χ0) is 20.1. The topological polar surface area (TPSA) is 79.2 Å². The second kappa shape index (κ2) is 8.72. The molecule has 2 aromatic heterocycles. The monoisotopic (exact) mass is 391 g/mol. The fourth-order valence-corrected chi connectivity index (χ4v) is 3.59. The number of piperazine rings is 1. The maximum absolute atomic E-state index is 13.0. The number of anilines is 1. The molecule has 8 heteroatoms. The van der Waals surface area contributed by atoms with Crippen LogP contribution in [0.3, 0.4) is 0 Å². The van der Waals surface area contributed by atoms with E-state index in [4.69, 9.17) is 0 Å². The van der Waals surface area contributed by atoms with Gasteiger partial charge in [0, 0.05) is 51.0 Å². The molecule has 1 saturated heterocycles. The van der Waals surface area contributed by atoms with Crippen LogP contribution >= 0.6 is 0 Å². The SMILES string of the molecule is Cc1nccnc1N1CCN(C(=O)NC(Cn2cccn2)c2ccccc2)CC1. The number of aromatic nitrogens is 4. The van der Waals surface area contributed by atoms with Gasteiger partial charge < -0.3 is 15.1 Å². The van der Waals surface area contributed by atoms with Crippen molar-refractivity contribution in [2.75, 3.05) is 31.1 Å². The zero-order valence-corrected chi connectivity index (χ0v) is 16.5. The minimum atomic E-state index is -0.149. The summed E-state index contributed by atoms with van der Waals surface area (Å²) in [6.45, 7) is 5.31. The third-order valence-corrected chi connectivity index (χ3v) is 5.15. The van der Waals surface area contributed by atoms with E-state index in [2.05, 4.69) is 25.3 Å². The maximum Gasteiger partial charge on any atom is 0.318 e. The fraction of sp³-hybridized carbons (Fsp3) is 0.333. The molecule has 2 amide bonds. The maximum atomic E-state index is 13.0. The first-order valence-electron chi connectivity index (χ1n) is 9.81. The van der Waals surface area contributed by atoms with Crippen molar-refractivity contribution in [3.8, 4) is 0 Å². The number of rotatable bonds is 5. The number of nitrogens with one attached hydrogen (secondary N) is 1. The van der Waals surface area contributed by atoms with E-state index in [-0.39, 0.29) is 12.1 Å². The number of carbonyl (C=O) groups is 1. The average Bonchev–Trinajstić information content (AvgIpc) is 3.27. The number of nitrogens with zero attached hydrogens (tertiary/aromatic N) is 6. The predicted octanol–water partition coefficient (Wildman–Crippen LogP) is 2.25. The Morgan fingerprint density at radius 3 is 2.48 bits per heavy atom. The van der Waals surface area contributed by atoms with Crippen molar-refractivity contribution in [3.05, 3.63) is 72.4 Å². The molecule has 8 nitrogen and oxygen atoms in total. The van der Waals surface area contributed by atoms with Crippen LogP contribution < -0.4 is 10.2 Å². The van der Waals surface area contributed by atoms with Gasteiger partial charge in [-0.3, -0.25) is 9.67 Å². The van der Waals surface area contributed by atoms with E-state index >= 15 is 0 Å². The molecule has 1 fully saturated rings. The number of benzene rings is 1. The van der Waals surface area contributed by atoms with Crippen molar-refractivity contribution < 1.29 is 4.79 Å². The van der Waals surface area contributed by atoms with Gasteiger partial charge in [0.25, 0.3) is 0 Å². The molecule has 1 atom stereocenters. The zero-order valence-electron chi connectivity index (χ0n) is 16.5. The summed E-state index contributed by atoms with van der Waals surface area (Å²) in [4.78, 5) is 25.8. The summed E-state index contributed by atoms with van der Waals surface area (Å²) >= 11 is 0. The lowest BCUT2D eigenvalue weighted by Gasteiger charge is -2.36. The molecular formula is C21H25N7O. The minimum Gasteiger partial charge on any atom is -0.352 e. The van der Waals surface area contributed by atoms with Gasteiger partial charge in [-0.05, 0) is 18.6 Å². The molecule has 0 spiro atoms. The number of amides is 2. The van der Waals surface area contributed by atoms with Crippen LogP contribution in [0.25, 0.3) is 0 Å². The first-order valence-corrected chi connectivity index (χ1v) is 9.81. The molecular weight excluding hydrogens is 366 g/mol. The molecule has 0 aliphatic carbocycles. The lowest BCUT2D eigenvalue weighted by atomic mass is 10.1. The van der Waals surface area contributed by atoms with Gasteiger partial charge in [-0.2, -0.15) is 5.10 Å². The number of urea groups is 1. The Balaban J connectivity index is 1.40. The Morgan fingerprint density at radius 1 is 1.03 bits per heavy atom. The highest BCUT2D eigenvalue weighted by molar-refractivity contribution is 5.75. The van der Waals surface area contributed by atoms with Crippen LogP contribution in [0.1, 0.15) is 17.3 Å². The van der Waals surface area contributed by atoms with E-state index in [1.807, 2.05) is 59.1 Å². The van der Waals surface area contributed by atoms with Crippen molar-refractivity contribution >= 4 is 11.8 Å². The van der Waals surface area contributed by atoms with E-state index < -0.39 is 0 Å². The Hall–Kier alpha value is -3.42. The van der Waals surface area contributed by atoms with Gasteiger partial charge in [0.1, 0.15) is 5.82 Å². The smallest absolute Gasteiger partial charge is 0.318 e. The summed E-state index contributed by atoms with van der Waals surface area (Å²) in [5.41, 5.74) is 1.97. The molecule has 0 radical (unpaired) electrons. The first kappa shape index (κ1) is 18.9. The van der Waals surface area contributed by atoms with Gasteiger partial charge in [0.15, 0.2) is 0 Å². The summed E-state index contributed by atoms with van der Waals surface area (Å²) in [5.74, 6) is 0.897. The summed E-state index contributed by atoms with van der Waals surface area (Å²) in [7, 11) is 0. The molecule has 29 heavy (non-hydrogen) atoms. The van der Waals surface area contributed by atoms with E-state index in [9.17, 15) is 4.79 Å². The molecule has 150 valence electrons. The fourth-order valence-electron chi connectivity index (χ4n) is 3.59. The second-order valence-corrected chi connectivity index (χ2v) is 7.08. The van der Waals surface area contributed by atoms with Crippen LogP contribution in [0.2, 0.25) is 0 Å². The van der Waals surface area contributed by atoms with Crippen LogP contribution in [-0.2, 0) is 6.54 Å². The summed E-state index contributed by atoms with van der Waals surface area (Å²) < 4.78 is 1.84. The van der Waals surface area contributed by atoms with Crippen LogP contribution in [-0.4, -0.2) is 56.9 Å². The largest absolute Gasteiger partial charge is 0.352 e. The molecule has 0 saturated carbocycles. The highest BCUT2D eigenvalue weighted by Gasteiger charge is 2.25. The number of carbonyl (C=O) groups excluding carboxylic acids is 1.